The summed E-state index contributed by atoms with van der Waals surface area (Å²) < 4.78 is 21.4. The molecular weight excluding hydrogens is 555 g/mol. The van der Waals surface area contributed by atoms with Crippen LogP contribution >= 0.6 is 23.2 Å². The fourth-order valence-corrected chi connectivity index (χ4v) is 4.80. The van der Waals surface area contributed by atoms with E-state index in [1.807, 2.05) is 30.3 Å². The molecule has 0 radical (unpaired) electrons. The molecule has 1 saturated heterocycles. The van der Waals surface area contributed by atoms with Crippen molar-refractivity contribution >= 4 is 40.6 Å². The lowest BCUT2D eigenvalue weighted by molar-refractivity contribution is -0.127. The Balaban J connectivity index is 1.53. The lowest BCUT2D eigenvalue weighted by Crippen LogP contribution is -2.50. The van der Waals surface area contributed by atoms with Crippen molar-refractivity contribution in [3.05, 3.63) is 87.4 Å². The predicted octanol–water partition coefficient (Wildman–Crippen LogP) is 5.44. The minimum Gasteiger partial charge on any atom is -0.497 e. The van der Waals surface area contributed by atoms with Crippen LogP contribution < -0.4 is 18.9 Å². The maximum atomic E-state index is 13.4. The molecule has 10 heteroatoms. The average molecular weight is 585 g/mol. The van der Waals surface area contributed by atoms with Crippen LogP contribution in [0.2, 0.25) is 10.0 Å². The van der Waals surface area contributed by atoms with Gasteiger partial charge in [0.15, 0.2) is 11.5 Å². The van der Waals surface area contributed by atoms with Crippen molar-refractivity contribution in [2.75, 3.05) is 54.6 Å². The van der Waals surface area contributed by atoms with Gasteiger partial charge < -0.3 is 28.7 Å². The molecule has 1 fully saturated rings. The third kappa shape index (κ3) is 6.29. The number of piperazine rings is 1. The Hall–Kier alpha value is -3.88. The SMILES string of the molecule is COc1ccc(C(=CC(=O)N2CCN(C(=O)c3cc(OC)c(OC)c(OC)c3)CC2)c2ccc(Cl)c(Cl)c2)cc1. The monoisotopic (exact) mass is 584 g/mol. The minimum atomic E-state index is -0.184. The van der Waals surface area contributed by atoms with Crippen LogP contribution in [0.4, 0.5) is 0 Å². The van der Waals surface area contributed by atoms with Gasteiger partial charge in [-0.05, 0) is 53.1 Å². The number of ether oxygens (including phenoxy) is 4. The molecule has 0 atom stereocenters. The van der Waals surface area contributed by atoms with Gasteiger partial charge in [-0.15, -0.1) is 0 Å². The first-order valence-electron chi connectivity index (χ1n) is 12.5. The average Bonchev–Trinajstić information content (AvgIpc) is 3.00. The van der Waals surface area contributed by atoms with Crippen molar-refractivity contribution in [2.24, 2.45) is 0 Å². The quantitative estimate of drug-likeness (QED) is 0.328. The summed E-state index contributed by atoms with van der Waals surface area (Å²) in [6, 6.07) is 16.0. The lowest BCUT2D eigenvalue weighted by Gasteiger charge is -2.34. The van der Waals surface area contributed by atoms with Gasteiger partial charge in [-0.3, -0.25) is 9.59 Å². The molecule has 40 heavy (non-hydrogen) atoms. The highest BCUT2D eigenvalue weighted by Crippen LogP contribution is 2.38. The second-order valence-corrected chi connectivity index (χ2v) is 9.76. The number of hydrogen-bond acceptors (Lipinski definition) is 6. The lowest BCUT2D eigenvalue weighted by atomic mass is 9.97. The summed E-state index contributed by atoms with van der Waals surface area (Å²) >= 11 is 12.4. The van der Waals surface area contributed by atoms with E-state index in [2.05, 4.69) is 0 Å². The van der Waals surface area contributed by atoms with Gasteiger partial charge in [0.2, 0.25) is 11.7 Å². The molecule has 0 N–H and O–H groups in total. The summed E-state index contributed by atoms with van der Waals surface area (Å²) in [4.78, 5) is 30.2. The number of rotatable bonds is 8. The minimum absolute atomic E-state index is 0.170. The van der Waals surface area contributed by atoms with Gasteiger partial charge >= 0.3 is 0 Å². The largest absolute Gasteiger partial charge is 0.497 e. The molecule has 0 bridgehead atoms. The van der Waals surface area contributed by atoms with E-state index >= 15 is 0 Å². The number of hydrogen-bond donors (Lipinski definition) is 0. The molecule has 0 saturated carbocycles. The standard InChI is InChI=1S/C30H30Cl2N2O6/c1-37-22-8-5-19(6-9-22)23(20-7-10-24(31)25(32)15-20)18-28(35)33-11-13-34(14-12-33)30(36)21-16-26(38-2)29(40-4)27(17-21)39-3/h5-10,15-18H,11-14H2,1-4H3. The molecule has 3 aromatic carbocycles. The van der Waals surface area contributed by atoms with Crippen LogP contribution in [0.1, 0.15) is 21.5 Å². The van der Waals surface area contributed by atoms with Gasteiger partial charge in [0, 0.05) is 37.8 Å². The third-order valence-corrected chi connectivity index (χ3v) is 7.43. The Morgan fingerprint density at radius 3 is 1.77 bits per heavy atom. The van der Waals surface area contributed by atoms with E-state index in [1.165, 1.54) is 21.3 Å². The summed E-state index contributed by atoms with van der Waals surface area (Å²) in [5, 5.41) is 0.823. The van der Waals surface area contributed by atoms with E-state index in [0.29, 0.717) is 70.4 Å². The summed E-state index contributed by atoms with van der Waals surface area (Å²) in [5.74, 6) is 1.57. The number of methoxy groups -OCH3 is 4. The van der Waals surface area contributed by atoms with Crippen molar-refractivity contribution < 1.29 is 28.5 Å². The van der Waals surface area contributed by atoms with Gasteiger partial charge in [0.1, 0.15) is 5.75 Å². The second kappa shape index (κ2) is 13.0. The van der Waals surface area contributed by atoms with Crippen LogP contribution in [0, 0.1) is 0 Å². The topological polar surface area (TPSA) is 77.5 Å². The normalized spacial score (nSPS) is 13.6. The van der Waals surface area contributed by atoms with Gasteiger partial charge in [-0.2, -0.15) is 0 Å². The Kier molecular flexibility index (Phi) is 9.45. The first kappa shape index (κ1) is 29.1. The van der Waals surface area contributed by atoms with Crippen molar-refractivity contribution in [2.45, 2.75) is 0 Å². The molecule has 8 nitrogen and oxygen atoms in total. The van der Waals surface area contributed by atoms with E-state index in [-0.39, 0.29) is 11.8 Å². The number of nitrogens with zero attached hydrogens (tertiary/aromatic N) is 2. The molecule has 0 aromatic heterocycles. The smallest absolute Gasteiger partial charge is 0.254 e. The van der Waals surface area contributed by atoms with Crippen LogP contribution in [0.3, 0.4) is 0 Å². The van der Waals surface area contributed by atoms with E-state index < -0.39 is 0 Å². The maximum absolute atomic E-state index is 13.4. The fourth-order valence-electron chi connectivity index (χ4n) is 4.50. The van der Waals surface area contributed by atoms with Crippen molar-refractivity contribution in [1.29, 1.82) is 0 Å². The van der Waals surface area contributed by atoms with Crippen molar-refractivity contribution in [3.8, 4) is 23.0 Å². The fraction of sp³-hybridized carbons (Fsp3) is 0.267. The highest BCUT2D eigenvalue weighted by Gasteiger charge is 2.26. The van der Waals surface area contributed by atoms with Gasteiger partial charge in [-0.1, -0.05) is 41.4 Å². The molecule has 4 rings (SSSR count). The van der Waals surface area contributed by atoms with Crippen LogP contribution in [0.15, 0.2) is 60.7 Å². The summed E-state index contributed by atoms with van der Waals surface area (Å²) in [5.41, 5.74) is 2.69. The number of carbonyl (C=O) groups excluding carboxylic acids is 2. The summed E-state index contributed by atoms with van der Waals surface area (Å²) in [6.07, 6.45) is 1.60. The highest BCUT2D eigenvalue weighted by molar-refractivity contribution is 6.42. The maximum Gasteiger partial charge on any atom is 0.254 e. The zero-order valence-electron chi connectivity index (χ0n) is 22.7. The molecule has 0 unspecified atom stereocenters. The zero-order chi connectivity index (χ0) is 28.8. The molecule has 3 aromatic rings. The van der Waals surface area contributed by atoms with E-state index in [1.54, 1.807) is 47.3 Å². The highest BCUT2D eigenvalue weighted by atomic mass is 35.5. The Morgan fingerprint density at radius 2 is 1.25 bits per heavy atom. The molecular formula is C30H30Cl2N2O6. The Morgan fingerprint density at radius 1 is 0.675 bits per heavy atom. The van der Waals surface area contributed by atoms with Crippen LogP contribution in [0.5, 0.6) is 23.0 Å². The molecule has 0 aliphatic carbocycles. The number of carbonyl (C=O) groups is 2. The predicted molar refractivity (Wildman–Crippen MR) is 155 cm³/mol. The zero-order valence-corrected chi connectivity index (χ0v) is 24.2. The molecule has 0 spiro atoms. The number of halogens is 2. The molecule has 2 amide bonds. The van der Waals surface area contributed by atoms with Gasteiger partial charge in [0.05, 0.1) is 38.5 Å². The molecule has 210 valence electrons. The number of amides is 2. The first-order chi connectivity index (χ1) is 19.3. The van der Waals surface area contributed by atoms with E-state index in [4.69, 9.17) is 42.1 Å². The Labute approximate surface area is 243 Å². The van der Waals surface area contributed by atoms with Gasteiger partial charge in [-0.25, -0.2) is 0 Å². The van der Waals surface area contributed by atoms with Crippen molar-refractivity contribution in [1.82, 2.24) is 9.80 Å². The molecule has 1 aliphatic heterocycles. The van der Waals surface area contributed by atoms with E-state index in [0.717, 1.165) is 11.1 Å². The first-order valence-corrected chi connectivity index (χ1v) is 13.2. The molecule has 1 aliphatic rings. The van der Waals surface area contributed by atoms with Crippen LogP contribution in [-0.2, 0) is 4.79 Å². The van der Waals surface area contributed by atoms with Crippen LogP contribution in [0.25, 0.3) is 5.57 Å². The summed E-state index contributed by atoms with van der Waals surface area (Å²) in [7, 11) is 6.11. The van der Waals surface area contributed by atoms with Gasteiger partial charge in [0.25, 0.3) is 5.91 Å². The third-order valence-electron chi connectivity index (χ3n) is 6.69. The van der Waals surface area contributed by atoms with Crippen molar-refractivity contribution in [3.63, 3.8) is 0 Å². The Bertz CT molecular complexity index is 1390. The van der Waals surface area contributed by atoms with E-state index in [9.17, 15) is 9.59 Å². The number of benzene rings is 3. The molecule has 1 heterocycles. The second-order valence-electron chi connectivity index (χ2n) is 8.95. The summed E-state index contributed by atoms with van der Waals surface area (Å²) in [6.45, 7) is 1.50. The van der Waals surface area contributed by atoms with Crippen LogP contribution in [-0.4, -0.2) is 76.2 Å².